The second kappa shape index (κ2) is 6.04. The monoisotopic (exact) mass is 290 g/mol. The molecule has 8 nitrogen and oxygen atoms in total. The van der Waals surface area contributed by atoms with Gasteiger partial charge in [-0.25, -0.2) is 9.97 Å². The number of rotatable bonds is 4. The molecule has 1 aliphatic heterocycles. The molecule has 1 N–H and O–H groups in total. The number of nitrogens with zero attached hydrogens (tertiary/aromatic N) is 5. The molecule has 0 saturated carbocycles. The molecule has 3 heterocycles. The van der Waals surface area contributed by atoms with E-state index in [1.54, 1.807) is 12.5 Å². The minimum absolute atomic E-state index is 0.115. The minimum Gasteiger partial charge on any atom is -0.366 e. The van der Waals surface area contributed by atoms with E-state index in [0.717, 1.165) is 5.82 Å². The molecule has 1 fully saturated rings. The summed E-state index contributed by atoms with van der Waals surface area (Å²) >= 11 is 0. The van der Waals surface area contributed by atoms with E-state index in [2.05, 4.69) is 20.2 Å². The number of aromatic nitrogens is 5. The average Bonchev–Trinajstić information content (AvgIpc) is 3.16. The van der Waals surface area contributed by atoms with Crippen molar-refractivity contribution in [2.45, 2.75) is 26.0 Å². The molecule has 0 aromatic carbocycles. The number of aromatic amines is 1. The third-order valence-corrected chi connectivity index (χ3v) is 3.46. The summed E-state index contributed by atoms with van der Waals surface area (Å²) in [6.45, 7) is 4.10. The van der Waals surface area contributed by atoms with Crippen LogP contribution in [0, 0.1) is 6.92 Å². The van der Waals surface area contributed by atoms with Crippen LogP contribution in [0.2, 0.25) is 0 Å². The maximum atomic E-state index is 12.3. The Bertz CT molecular complexity index is 594. The van der Waals surface area contributed by atoms with E-state index < -0.39 is 0 Å². The Hall–Kier alpha value is -2.22. The van der Waals surface area contributed by atoms with Gasteiger partial charge in [0.15, 0.2) is 5.82 Å². The van der Waals surface area contributed by atoms with Crippen LogP contribution >= 0.6 is 0 Å². The predicted octanol–water partition coefficient (Wildman–Crippen LogP) is 0.300. The zero-order valence-corrected chi connectivity index (χ0v) is 11.9. The summed E-state index contributed by atoms with van der Waals surface area (Å²) in [4.78, 5) is 22.3. The first-order chi connectivity index (χ1) is 10.2. The van der Waals surface area contributed by atoms with Gasteiger partial charge >= 0.3 is 0 Å². The van der Waals surface area contributed by atoms with E-state index in [1.165, 1.54) is 0 Å². The number of nitrogens with one attached hydrogen (secondary N) is 1. The van der Waals surface area contributed by atoms with Gasteiger partial charge in [0.25, 0.3) is 0 Å². The van der Waals surface area contributed by atoms with E-state index in [0.29, 0.717) is 38.5 Å². The smallest absolute Gasteiger partial charge is 0.224 e. The van der Waals surface area contributed by atoms with Crippen LogP contribution in [0.1, 0.15) is 24.2 Å². The largest absolute Gasteiger partial charge is 0.366 e. The number of imidazole rings is 1. The number of amides is 1. The maximum Gasteiger partial charge on any atom is 0.224 e. The molecular formula is C13H18N6O2. The number of carbonyl (C=O) groups excluding carboxylic acids is 1. The molecule has 0 radical (unpaired) electrons. The summed E-state index contributed by atoms with van der Waals surface area (Å²) in [6.07, 6.45) is 5.48. The van der Waals surface area contributed by atoms with Crippen molar-refractivity contribution in [1.29, 1.82) is 0 Å². The summed E-state index contributed by atoms with van der Waals surface area (Å²) in [5.41, 5.74) is 0. The molecule has 1 amide bonds. The zero-order valence-electron chi connectivity index (χ0n) is 11.9. The van der Waals surface area contributed by atoms with Crippen LogP contribution in [-0.2, 0) is 16.1 Å². The van der Waals surface area contributed by atoms with E-state index in [-0.39, 0.29) is 12.0 Å². The SMILES string of the molecule is Cc1nc([C@@H]2CN(C(=O)CCn3ccnc3)CCO2)n[nH]1. The van der Waals surface area contributed by atoms with E-state index >= 15 is 0 Å². The molecule has 1 aliphatic rings. The summed E-state index contributed by atoms with van der Waals surface area (Å²) < 4.78 is 7.55. The van der Waals surface area contributed by atoms with Crippen molar-refractivity contribution >= 4 is 5.91 Å². The summed E-state index contributed by atoms with van der Waals surface area (Å²) in [5.74, 6) is 1.47. The topological polar surface area (TPSA) is 88.9 Å². The predicted molar refractivity (Wildman–Crippen MR) is 73.2 cm³/mol. The fourth-order valence-electron chi connectivity index (χ4n) is 2.34. The van der Waals surface area contributed by atoms with Gasteiger partial charge < -0.3 is 14.2 Å². The van der Waals surface area contributed by atoms with Gasteiger partial charge in [0.1, 0.15) is 11.9 Å². The fraction of sp³-hybridized carbons (Fsp3) is 0.538. The molecule has 2 aromatic heterocycles. The van der Waals surface area contributed by atoms with Crippen molar-refractivity contribution in [2.24, 2.45) is 0 Å². The highest BCUT2D eigenvalue weighted by Crippen LogP contribution is 2.19. The van der Waals surface area contributed by atoms with Crippen LogP contribution in [0.5, 0.6) is 0 Å². The lowest BCUT2D eigenvalue weighted by molar-refractivity contribution is -0.139. The molecule has 3 rings (SSSR count). The minimum atomic E-state index is -0.249. The van der Waals surface area contributed by atoms with Gasteiger partial charge in [-0.1, -0.05) is 0 Å². The van der Waals surface area contributed by atoms with Gasteiger partial charge in [0, 0.05) is 31.9 Å². The number of hydrogen-bond donors (Lipinski definition) is 1. The lowest BCUT2D eigenvalue weighted by Crippen LogP contribution is -2.42. The highest BCUT2D eigenvalue weighted by molar-refractivity contribution is 5.76. The van der Waals surface area contributed by atoms with Gasteiger partial charge in [-0.2, -0.15) is 5.10 Å². The second-order valence-corrected chi connectivity index (χ2v) is 5.03. The molecule has 0 unspecified atom stereocenters. The Morgan fingerprint density at radius 2 is 2.48 bits per heavy atom. The van der Waals surface area contributed by atoms with Crippen LogP contribution in [0.3, 0.4) is 0 Å². The summed E-state index contributed by atoms with van der Waals surface area (Å²) in [7, 11) is 0. The van der Waals surface area contributed by atoms with Crippen molar-refractivity contribution in [3.05, 3.63) is 30.4 Å². The van der Waals surface area contributed by atoms with Crippen molar-refractivity contribution < 1.29 is 9.53 Å². The maximum absolute atomic E-state index is 12.3. The molecule has 0 aliphatic carbocycles. The summed E-state index contributed by atoms with van der Waals surface area (Å²) in [5, 5.41) is 6.91. The van der Waals surface area contributed by atoms with Crippen molar-refractivity contribution in [2.75, 3.05) is 19.7 Å². The van der Waals surface area contributed by atoms with E-state index in [4.69, 9.17) is 4.74 Å². The van der Waals surface area contributed by atoms with Crippen LogP contribution in [0.25, 0.3) is 0 Å². The van der Waals surface area contributed by atoms with Crippen LogP contribution in [-0.4, -0.2) is 55.2 Å². The molecule has 21 heavy (non-hydrogen) atoms. The van der Waals surface area contributed by atoms with Gasteiger partial charge in [-0.3, -0.25) is 9.89 Å². The van der Waals surface area contributed by atoms with Gasteiger partial charge in [-0.05, 0) is 6.92 Å². The molecule has 2 aromatic rings. The Morgan fingerprint density at radius 3 is 3.19 bits per heavy atom. The molecule has 1 saturated heterocycles. The first kappa shape index (κ1) is 13.7. The number of carbonyl (C=O) groups is 1. The molecule has 1 atom stereocenters. The van der Waals surface area contributed by atoms with E-state index in [9.17, 15) is 4.79 Å². The quantitative estimate of drug-likeness (QED) is 0.875. The number of aryl methyl sites for hydroxylation is 2. The Balaban J connectivity index is 1.56. The van der Waals surface area contributed by atoms with Gasteiger partial charge in [-0.15, -0.1) is 0 Å². The lowest BCUT2D eigenvalue weighted by atomic mass is 10.2. The first-order valence-corrected chi connectivity index (χ1v) is 6.96. The highest BCUT2D eigenvalue weighted by atomic mass is 16.5. The summed E-state index contributed by atoms with van der Waals surface area (Å²) in [6, 6.07) is 0. The van der Waals surface area contributed by atoms with Gasteiger partial charge in [0.2, 0.25) is 5.91 Å². The lowest BCUT2D eigenvalue weighted by Gasteiger charge is -2.31. The zero-order chi connectivity index (χ0) is 14.7. The van der Waals surface area contributed by atoms with Crippen molar-refractivity contribution in [1.82, 2.24) is 29.6 Å². The van der Waals surface area contributed by atoms with E-state index in [1.807, 2.05) is 22.6 Å². The van der Waals surface area contributed by atoms with Crippen molar-refractivity contribution in [3.8, 4) is 0 Å². The molecule has 0 spiro atoms. The number of morpholine rings is 1. The van der Waals surface area contributed by atoms with Crippen LogP contribution < -0.4 is 0 Å². The fourth-order valence-corrected chi connectivity index (χ4v) is 2.34. The molecular weight excluding hydrogens is 272 g/mol. The third-order valence-electron chi connectivity index (χ3n) is 3.46. The van der Waals surface area contributed by atoms with Crippen LogP contribution in [0.4, 0.5) is 0 Å². The Kier molecular flexibility index (Phi) is 3.96. The van der Waals surface area contributed by atoms with Gasteiger partial charge in [0.05, 0.1) is 19.5 Å². The third kappa shape index (κ3) is 3.27. The highest BCUT2D eigenvalue weighted by Gasteiger charge is 2.27. The van der Waals surface area contributed by atoms with Crippen LogP contribution in [0.15, 0.2) is 18.7 Å². The van der Waals surface area contributed by atoms with Crippen molar-refractivity contribution in [3.63, 3.8) is 0 Å². The second-order valence-electron chi connectivity index (χ2n) is 5.03. The number of H-pyrrole nitrogens is 1. The molecule has 8 heteroatoms. The normalized spacial score (nSPS) is 18.9. The number of ether oxygens (including phenoxy) is 1. The first-order valence-electron chi connectivity index (χ1n) is 6.96. The average molecular weight is 290 g/mol. The molecule has 112 valence electrons. The Morgan fingerprint density at radius 1 is 1.57 bits per heavy atom. The number of hydrogen-bond acceptors (Lipinski definition) is 5. The molecule has 0 bridgehead atoms. The Labute approximate surface area is 122 Å². The standard InChI is InChI=1S/C13H18N6O2/c1-10-15-13(17-16-10)11-8-19(6-7-21-11)12(20)2-4-18-5-3-14-9-18/h3,5,9,11H,2,4,6-8H2,1H3,(H,15,16,17)/t11-/m0/s1.